The van der Waals surface area contributed by atoms with Gasteiger partial charge in [0.15, 0.2) is 0 Å². The maximum Gasteiger partial charge on any atom is 0.241 e. The van der Waals surface area contributed by atoms with Crippen molar-refractivity contribution in [2.75, 3.05) is 33.2 Å². The quantitative estimate of drug-likeness (QED) is 0.623. The summed E-state index contributed by atoms with van der Waals surface area (Å²) in [5.41, 5.74) is 10.6. The van der Waals surface area contributed by atoms with Crippen LogP contribution < -0.4 is 11.1 Å². The first-order valence-corrected chi connectivity index (χ1v) is 13.5. The van der Waals surface area contributed by atoms with Gasteiger partial charge in [0.1, 0.15) is 6.04 Å². The van der Waals surface area contributed by atoms with Gasteiger partial charge in [-0.2, -0.15) is 5.26 Å². The highest BCUT2D eigenvalue weighted by molar-refractivity contribution is 5.86. The Bertz CT molecular complexity index is 1090. The molecule has 6 heteroatoms. The molecule has 2 aromatic rings. The van der Waals surface area contributed by atoms with Crippen molar-refractivity contribution in [1.29, 1.82) is 5.26 Å². The lowest BCUT2D eigenvalue weighted by Gasteiger charge is -2.38. The van der Waals surface area contributed by atoms with Crippen molar-refractivity contribution in [2.45, 2.75) is 68.5 Å². The standard InChI is InChI=1S/C30H39N5O/c1-34-17-19-35(20-18-34)30(15-16-30)26-11-9-25(10-12-26)24-7-5-23(6-8-24)21-27(22-31)33-28(36)29(32)13-3-2-4-14-29/h5-12,27H,2-4,13-21,32H2,1H3,(H,33,36). The van der Waals surface area contributed by atoms with E-state index in [2.05, 4.69) is 76.8 Å². The van der Waals surface area contributed by atoms with Crippen LogP contribution in [-0.2, 0) is 16.8 Å². The topological polar surface area (TPSA) is 85.4 Å². The molecule has 2 saturated carbocycles. The van der Waals surface area contributed by atoms with Gasteiger partial charge in [-0.25, -0.2) is 0 Å². The predicted molar refractivity (Wildman–Crippen MR) is 143 cm³/mol. The Morgan fingerprint density at radius 2 is 1.53 bits per heavy atom. The van der Waals surface area contributed by atoms with E-state index in [0.29, 0.717) is 19.3 Å². The molecular formula is C30H39N5O. The fourth-order valence-corrected chi connectivity index (χ4v) is 6.02. The molecular weight excluding hydrogens is 446 g/mol. The first kappa shape index (κ1) is 25.0. The number of carbonyl (C=O) groups excluding carboxylic acids is 1. The number of nitrogens with two attached hydrogens (primary N) is 1. The van der Waals surface area contributed by atoms with Gasteiger partial charge in [0.2, 0.25) is 5.91 Å². The van der Waals surface area contributed by atoms with Crippen molar-refractivity contribution in [3.05, 3.63) is 59.7 Å². The van der Waals surface area contributed by atoms with Crippen molar-refractivity contribution >= 4 is 5.91 Å². The number of benzene rings is 2. The number of hydrogen-bond donors (Lipinski definition) is 2. The number of piperazine rings is 1. The molecule has 6 nitrogen and oxygen atoms in total. The third-order valence-corrected chi connectivity index (χ3v) is 8.64. The largest absolute Gasteiger partial charge is 0.338 e. The molecule has 5 rings (SSSR count). The zero-order valence-electron chi connectivity index (χ0n) is 21.5. The number of amides is 1. The monoisotopic (exact) mass is 485 g/mol. The molecule has 0 radical (unpaired) electrons. The average molecular weight is 486 g/mol. The van der Waals surface area contributed by atoms with E-state index in [1.165, 1.54) is 24.0 Å². The summed E-state index contributed by atoms with van der Waals surface area (Å²) in [6.45, 7) is 4.59. The molecule has 1 heterocycles. The SMILES string of the molecule is CN1CCN(C2(c3ccc(-c4ccc(CC(C#N)NC(=O)C5(N)CCCCC5)cc4)cc3)CC2)CC1. The number of nitriles is 1. The number of nitrogens with one attached hydrogen (secondary N) is 1. The van der Waals surface area contributed by atoms with Crippen molar-refractivity contribution in [2.24, 2.45) is 5.73 Å². The van der Waals surface area contributed by atoms with Crippen LogP contribution in [0.5, 0.6) is 0 Å². The highest BCUT2D eigenvalue weighted by Gasteiger charge is 2.49. The summed E-state index contributed by atoms with van der Waals surface area (Å²) < 4.78 is 0. The number of nitrogens with zero attached hydrogens (tertiary/aromatic N) is 3. The second-order valence-electron chi connectivity index (χ2n) is 11.2. The first-order valence-electron chi connectivity index (χ1n) is 13.5. The van der Waals surface area contributed by atoms with E-state index in [0.717, 1.165) is 56.6 Å². The minimum atomic E-state index is -0.827. The molecule has 1 amide bonds. The van der Waals surface area contributed by atoms with Crippen LogP contribution in [0.15, 0.2) is 48.5 Å². The second-order valence-corrected chi connectivity index (χ2v) is 11.2. The fourth-order valence-electron chi connectivity index (χ4n) is 6.02. The molecule has 3 aliphatic rings. The zero-order valence-corrected chi connectivity index (χ0v) is 21.5. The van der Waals surface area contributed by atoms with Gasteiger partial charge < -0.3 is 16.0 Å². The molecule has 0 bridgehead atoms. The van der Waals surface area contributed by atoms with Crippen LogP contribution in [0.25, 0.3) is 11.1 Å². The lowest BCUT2D eigenvalue weighted by atomic mass is 9.81. The minimum absolute atomic E-state index is 0.185. The Labute approximate surface area is 215 Å². The molecule has 2 aliphatic carbocycles. The van der Waals surface area contributed by atoms with Crippen LogP contribution in [0.2, 0.25) is 0 Å². The van der Waals surface area contributed by atoms with Crippen LogP contribution in [0, 0.1) is 11.3 Å². The average Bonchev–Trinajstić information content (AvgIpc) is 3.72. The maximum atomic E-state index is 12.7. The van der Waals surface area contributed by atoms with E-state index >= 15 is 0 Å². The zero-order chi connectivity index (χ0) is 25.2. The van der Waals surface area contributed by atoms with E-state index in [4.69, 9.17) is 5.73 Å². The van der Waals surface area contributed by atoms with E-state index < -0.39 is 11.6 Å². The Balaban J connectivity index is 1.20. The van der Waals surface area contributed by atoms with Crippen molar-refractivity contribution in [1.82, 2.24) is 15.1 Å². The number of likely N-dealkylation sites (N-methyl/N-ethyl adjacent to an activating group) is 1. The lowest BCUT2D eigenvalue weighted by Crippen LogP contribution is -2.57. The Hall–Kier alpha value is -2.72. The van der Waals surface area contributed by atoms with Crippen LogP contribution in [0.1, 0.15) is 56.1 Å². The summed E-state index contributed by atoms with van der Waals surface area (Å²) >= 11 is 0. The van der Waals surface area contributed by atoms with Gasteiger partial charge >= 0.3 is 0 Å². The molecule has 36 heavy (non-hydrogen) atoms. The molecule has 190 valence electrons. The first-order chi connectivity index (χ1) is 17.4. The molecule has 2 aromatic carbocycles. The highest BCUT2D eigenvalue weighted by Crippen LogP contribution is 2.51. The van der Waals surface area contributed by atoms with E-state index in [1.54, 1.807) is 0 Å². The van der Waals surface area contributed by atoms with Crippen molar-refractivity contribution in [3.8, 4) is 17.2 Å². The third kappa shape index (κ3) is 5.20. The van der Waals surface area contributed by atoms with Crippen molar-refractivity contribution in [3.63, 3.8) is 0 Å². The maximum absolute atomic E-state index is 12.7. The molecule has 3 fully saturated rings. The summed E-state index contributed by atoms with van der Waals surface area (Å²) in [6.07, 6.45) is 7.45. The van der Waals surface area contributed by atoms with E-state index in [-0.39, 0.29) is 11.4 Å². The van der Waals surface area contributed by atoms with Crippen LogP contribution in [0.3, 0.4) is 0 Å². The summed E-state index contributed by atoms with van der Waals surface area (Å²) in [6, 6.07) is 19.1. The number of rotatable bonds is 7. The fraction of sp³-hybridized carbons (Fsp3) is 0.533. The van der Waals surface area contributed by atoms with Gasteiger partial charge in [-0.1, -0.05) is 67.8 Å². The van der Waals surface area contributed by atoms with Gasteiger partial charge in [0.25, 0.3) is 0 Å². The summed E-state index contributed by atoms with van der Waals surface area (Å²) in [5, 5.41) is 12.5. The Morgan fingerprint density at radius 3 is 2.08 bits per heavy atom. The highest BCUT2D eigenvalue weighted by atomic mass is 16.2. The summed E-state index contributed by atoms with van der Waals surface area (Å²) in [7, 11) is 2.21. The molecule has 0 aromatic heterocycles. The van der Waals surface area contributed by atoms with Gasteiger partial charge in [0, 0.05) is 38.1 Å². The molecule has 1 unspecified atom stereocenters. The number of carbonyl (C=O) groups is 1. The summed E-state index contributed by atoms with van der Waals surface area (Å²) in [4.78, 5) is 17.8. The minimum Gasteiger partial charge on any atom is -0.338 e. The predicted octanol–water partition coefficient (Wildman–Crippen LogP) is 3.80. The van der Waals surface area contributed by atoms with Gasteiger partial charge in [-0.15, -0.1) is 0 Å². The van der Waals surface area contributed by atoms with E-state index in [1.807, 2.05) is 0 Å². The van der Waals surface area contributed by atoms with Crippen LogP contribution in [0.4, 0.5) is 0 Å². The molecule has 1 saturated heterocycles. The molecule has 3 N–H and O–H groups in total. The molecule has 1 atom stereocenters. The molecule has 1 aliphatic heterocycles. The van der Waals surface area contributed by atoms with Gasteiger partial charge in [0.05, 0.1) is 11.6 Å². The summed E-state index contributed by atoms with van der Waals surface area (Å²) in [5.74, 6) is -0.185. The van der Waals surface area contributed by atoms with E-state index in [9.17, 15) is 10.1 Å². The van der Waals surface area contributed by atoms with Crippen LogP contribution >= 0.6 is 0 Å². The molecule has 0 spiro atoms. The van der Waals surface area contributed by atoms with Gasteiger partial charge in [-0.05, 0) is 55.0 Å². The van der Waals surface area contributed by atoms with Crippen molar-refractivity contribution < 1.29 is 4.79 Å². The van der Waals surface area contributed by atoms with Crippen LogP contribution in [-0.4, -0.2) is 60.5 Å². The smallest absolute Gasteiger partial charge is 0.241 e. The number of hydrogen-bond acceptors (Lipinski definition) is 5. The Morgan fingerprint density at radius 1 is 0.944 bits per heavy atom. The Kier molecular flexibility index (Phi) is 7.16. The third-order valence-electron chi connectivity index (χ3n) is 8.64. The van der Waals surface area contributed by atoms with Gasteiger partial charge in [-0.3, -0.25) is 9.69 Å². The second kappa shape index (κ2) is 10.3. The lowest BCUT2D eigenvalue weighted by molar-refractivity contribution is -0.127. The normalized spacial score (nSPS) is 22.4.